The van der Waals surface area contributed by atoms with Crippen LogP contribution in [0.2, 0.25) is 5.02 Å². The van der Waals surface area contributed by atoms with Crippen molar-refractivity contribution in [3.8, 4) is 5.75 Å². The summed E-state index contributed by atoms with van der Waals surface area (Å²) in [4.78, 5) is 25.2. The molecule has 0 saturated heterocycles. The number of ether oxygens (including phenoxy) is 1. The van der Waals surface area contributed by atoms with Crippen molar-refractivity contribution >= 4 is 65.6 Å². The van der Waals surface area contributed by atoms with Crippen LogP contribution in [0.25, 0.3) is 21.1 Å². The highest BCUT2D eigenvalue weighted by atomic mass is 35.5. The Balaban J connectivity index is 1.81. The average molecular weight is 526 g/mol. The lowest BCUT2D eigenvalue weighted by Gasteiger charge is -2.24. The van der Waals surface area contributed by atoms with E-state index in [0.29, 0.717) is 31.8 Å². The number of methoxy groups -OCH3 is 1. The minimum Gasteiger partial charge on any atom is -0.497 e. The smallest absolute Gasteiger partial charge is 0.396 e. The van der Waals surface area contributed by atoms with Crippen LogP contribution in [0.15, 0.2) is 93.0 Å². The number of halogens is 1. The monoisotopic (exact) mass is 525 g/mol. The van der Waals surface area contributed by atoms with E-state index in [1.807, 2.05) is 0 Å². The topological polar surface area (TPSA) is 93.9 Å². The van der Waals surface area contributed by atoms with Gasteiger partial charge in [0.25, 0.3) is 15.9 Å². The molecule has 35 heavy (non-hydrogen) atoms. The zero-order chi connectivity index (χ0) is 24.7. The maximum absolute atomic E-state index is 13.9. The van der Waals surface area contributed by atoms with Crippen molar-refractivity contribution in [2.24, 2.45) is 0 Å². The van der Waals surface area contributed by atoms with Crippen LogP contribution in [-0.2, 0) is 10.0 Å². The third kappa shape index (κ3) is 4.07. The molecule has 0 aliphatic heterocycles. The Hall–Kier alpha value is -3.66. The molecule has 176 valence electrons. The van der Waals surface area contributed by atoms with Crippen LogP contribution < -0.4 is 14.0 Å². The molecule has 0 bridgehead atoms. The van der Waals surface area contributed by atoms with Gasteiger partial charge in [-0.15, -0.1) is 0 Å². The van der Waals surface area contributed by atoms with E-state index in [0.717, 1.165) is 15.6 Å². The van der Waals surface area contributed by atoms with Crippen LogP contribution in [0.4, 0.5) is 5.69 Å². The molecule has 0 fully saturated rings. The number of carbonyl (C=O) groups excluding carboxylic acids is 1. The molecule has 1 heterocycles. The molecule has 0 atom stereocenters. The number of hydrogen-bond acceptors (Lipinski definition) is 7. The normalized spacial score (nSPS) is 11.6. The molecule has 5 aromatic rings. The van der Waals surface area contributed by atoms with Crippen molar-refractivity contribution in [1.29, 1.82) is 0 Å². The number of benzene rings is 4. The molecule has 0 spiro atoms. The van der Waals surface area contributed by atoms with Crippen LogP contribution in [0, 0.1) is 0 Å². The Morgan fingerprint density at radius 3 is 2.29 bits per heavy atom. The van der Waals surface area contributed by atoms with Crippen LogP contribution in [0.3, 0.4) is 0 Å². The summed E-state index contributed by atoms with van der Waals surface area (Å²) in [5.74, 6) is -0.258. The van der Waals surface area contributed by atoms with E-state index < -0.39 is 20.9 Å². The average Bonchev–Trinajstić information content (AvgIpc) is 3.24. The van der Waals surface area contributed by atoms with Gasteiger partial charge >= 0.3 is 4.94 Å². The zero-order valence-corrected chi connectivity index (χ0v) is 20.5. The summed E-state index contributed by atoms with van der Waals surface area (Å²) in [6.07, 6.45) is 0. The third-order valence-electron chi connectivity index (χ3n) is 5.41. The molecule has 0 radical (unpaired) electrons. The number of amides is 1. The lowest BCUT2D eigenvalue weighted by molar-refractivity contribution is 0.101. The molecule has 0 unspecified atom stereocenters. The lowest BCUT2D eigenvalue weighted by Crippen LogP contribution is -2.37. The first-order valence-corrected chi connectivity index (χ1v) is 12.9. The van der Waals surface area contributed by atoms with Gasteiger partial charge in [-0.25, -0.2) is 13.2 Å². The second kappa shape index (κ2) is 8.84. The molecule has 0 aliphatic carbocycles. The van der Waals surface area contributed by atoms with Crippen molar-refractivity contribution in [2.75, 3.05) is 11.4 Å². The first-order valence-electron chi connectivity index (χ1n) is 10.2. The Morgan fingerprint density at radius 2 is 1.63 bits per heavy atom. The second-order valence-corrected chi connectivity index (χ2v) is 10.7. The predicted molar refractivity (Wildman–Crippen MR) is 136 cm³/mol. The molecule has 7 nitrogen and oxygen atoms in total. The van der Waals surface area contributed by atoms with Gasteiger partial charge in [-0.05, 0) is 54.6 Å². The van der Waals surface area contributed by atoms with Gasteiger partial charge in [-0.1, -0.05) is 47.2 Å². The number of carbonyl (C=O) groups is 1. The molecule has 0 aliphatic rings. The summed E-state index contributed by atoms with van der Waals surface area (Å²) >= 11 is 6.80. The number of nitrogens with zero attached hydrogens (tertiary/aromatic N) is 1. The fraction of sp³-hybridized carbons (Fsp3) is 0.0400. The molecule has 5 rings (SSSR count). The summed E-state index contributed by atoms with van der Waals surface area (Å²) in [6.45, 7) is 0. The van der Waals surface area contributed by atoms with E-state index in [1.165, 1.54) is 49.6 Å². The molecule has 1 aromatic heterocycles. The van der Waals surface area contributed by atoms with Gasteiger partial charge in [0.2, 0.25) is 0 Å². The van der Waals surface area contributed by atoms with E-state index in [9.17, 15) is 18.0 Å². The van der Waals surface area contributed by atoms with Crippen LogP contribution in [0.5, 0.6) is 5.75 Å². The van der Waals surface area contributed by atoms with Gasteiger partial charge in [-0.3, -0.25) is 4.79 Å². The van der Waals surface area contributed by atoms with E-state index in [2.05, 4.69) is 0 Å². The van der Waals surface area contributed by atoms with E-state index in [-0.39, 0.29) is 16.1 Å². The fourth-order valence-electron chi connectivity index (χ4n) is 3.76. The summed E-state index contributed by atoms with van der Waals surface area (Å²) < 4.78 is 39.5. The van der Waals surface area contributed by atoms with Gasteiger partial charge < -0.3 is 9.15 Å². The van der Waals surface area contributed by atoms with E-state index in [1.54, 1.807) is 36.4 Å². The maximum Gasteiger partial charge on any atom is 0.396 e. The number of fused-ring (bicyclic) bond motifs is 3. The van der Waals surface area contributed by atoms with Crippen molar-refractivity contribution < 1.29 is 22.4 Å². The van der Waals surface area contributed by atoms with Crippen LogP contribution in [0.1, 0.15) is 10.4 Å². The summed E-state index contributed by atoms with van der Waals surface area (Å²) in [5.41, 5.74) is 0.564. The van der Waals surface area contributed by atoms with Gasteiger partial charge in [0.05, 0.1) is 22.4 Å². The minimum atomic E-state index is -4.40. The van der Waals surface area contributed by atoms with E-state index in [4.69, 9.17) is 20.8 Å². The Morgan fingerprint density at radius 1 is 0.971 bits per heavy atom. The Labute approximate surface area is 208 Å². The highest BCUT2D eigenvalue weighted by Crippen LogP contribution is 2.38. The highest BCUT2D eigenvalue weighted by molar-refractivity contribution is 7.93. The molecule has 0 saturated carbocycles. The summed E-state index contributed by atoms with van der Waals surface area (Å²) in [7, 11) is -2.91. The second-order valence-electron chi connectivity index (χ2n) is 7.48. The van der Waals surface area contributed by atoms with Gasteiger partial charge in [-0.2, -0.15) is 4.31 Å². The van der Waals surface area contributed by atoms with Crippen molar-refractivity contribution in [1.82, 2.24) is 0 Å². The standard InChI is InChI=1S/C25H16ClNO6S2/c1-32-17-10-6-15(7-11-17)24(28)27(35(30,31)18-12-8-16(26)9-13-18)21-14-22-23(33-25(29)34-22)20-5-3-2-4-19(20)21/h2-14H,1H3. The molecule has 1 amide bonds. The minimum absolute atomic E-state index is 0.0981. The van der Waals surface area contributed by atoms with Gasteiger partial charge in [0.1, 0.15) is 5.75 Å². The predicted octanol–water partition coefficient (Wildman–Crippen LogP) is 5.71. The van der Waals surface area contributed by atoms with Gasteiger partial charge in [0.15, 0.2) is 5.58 Å². The van der Waals surface area contributed by atoms with Gasteiger partial charge in [0, 0.05) is 21.4 Å². The van der Waals surface area contributed by atoms with Crippen LogP contribution >= 0.6 is 22.9 Å². The summed E-state index contributed by atoms with van der Waals surface area (Å²) in [6, 6.07) is 20.0. The van der Waals surface area contributed by atoms with Crippen LogP contribution in [-0.4, -0.2) is 21.4 Å². The number of rotatable bonds is 5. The van der Waals surface area contributed by atoms with E-state index >= 15 is 0 Å². The highest BCUT2D eigenvalue weighted by Gasteiger charge is 2.34. The first kappa shape index (κ1) is 23.1. The summed E-state index contributed by atoms with van der Waals surface area (Å²) in [5, 5.41) is 1.30. The zero-order valence-electron chi connectivity index (χ0n) is 18.1. The number of sulfonamides is 1. The van der Waals surface area contributed by atoms with Crippen molar-refractivity contribution in [3.05, 3.63) is 99.2 Å². The molecule has 10 heteroatoms. The quantitative estimate of drug-likeness (QED) is 0.292. The third-order valence-corrected chi connectivity index (χ3v) is 8.15. The first-order chi connectivity index (χ1) is 16.8. The SMILES string of the molecule is COc1ccc(C(=O)N(c2cc3sc(=O)oc3c3ccccc23)S(=O)(=O)c2ccc(Cl)cc2)cc1. The fourth-order valence-corrected chi connectivity index (χ4v) is 6.03. The number of hydrogen-bond donors (Lipinski definition) is 0. The molecular weight excluding hydrogens is 510 g/mol. The maximum atomic E-state index is 13.9. The molecular formula is C25H16ClNO6S2. The van der Waals surface area contributed by atoms with Crippen molar-refractivity contribution in [3.63, 3.8) is 0 Å². The lowest BCUT2D eigenvalue weighted by atomic mass is 10.1. The number of anilines is 1. The molecule has 0 N–H and O–H groups in total. The van der Waals surface area contributed by atoms with Crippen molar-refractivity contribution in [2.45, 2.75) is 4.90 Å². The Bertz CT molecular complexity index is 1740. The largest absolute Gasteiger partial charge is 0.497 e. The Kier molecular flexibility index (Phi) is 5.84. The molecule has 4 aromatic carbocycles.